The first kappa shape index (κ1) is 18.3. The zero-order valence-electron chi connectivity index (χ0n) is 15.0. The Hall–Kier alpha value is -1.53. The molecule has 25 heavy (non-hydrogen) atoms. The van der Waals surface area contributed by atoms with E-state index in [1.165, 1.54) is 42.9 Å². The van der Waals surface area contributed by atoms with Crippen molar-refractivity contribution in [3.05, 3.63) is 41.5 Å². The minimum Gasteiger partial charge on any atom is -0.359 e. The van der Waals surface area contributed by atoms with E-state index in [2.05, 4.69) is 33.8 Å². The normalized spacial score (nSPS) is 18.3. The predicted octanol–water partition coefficient (Wildman–Crippen LogP) is 4.14. The van der Waals surface area contributed by atoms with E-state index in [0.717, 1.165) is 42.5 Å². The summed E-state index contributed by atoms with van der Waals surface area (Å²) in [5.74, 6) is 0.730. The maximum atomic E-state index is 13.1. The van der Waals surface area contributed by atoms with Crippen LogP contribution in [0.3, 0.4) is 0 Å². The first-order chi connectivity index (χ1) is 12.0. The molecule has 0 amide bonds. The molecule has 1 unspecified atom stereocenters. The third-order valence-electron chi connectivity index (χ3n) is 4.90. The lowest BCUT2D eigenvalue weighted by Gasteiger charge is -2.25. The van der Waals surface area contributed by atoms with Gasteiger partial charge in [0.2, 0.25) is 5.13 Å². The van der Waals surface area contributed by atoms with E-state index < -0.39 is 0 Å². The molecule has 2 N–H and O–H groups in total. The highest BCUT2D eigenvalue weighted by Crippen LogP contribution is 2.25. The van der Waals surface area contributed by atoms with Gasteiger partial charge in [0.1, 0.15) is 11.6 Å². The van der Waals surface area contributed by atoms with Crippen LogP contribution in [0.25, 0.3) is 0 Å². The number of piperidine rings is 1. The molecule has 0 radical (unpaired) electrons. The number of benzene rings is 1. The van der Waals surface area contributed by atoms with Crippen LogP contribution in [0.1, 0.15) is 50.9 Å². The fraction of sp³-hybridized carbons (Fsp3) is 0.579. The van der Waals surface area contributed by atoms with Gasteiger partial charge in [-0.1, -0.05) is 32.4 Å². The van der Waals surface area contributed by atoms with E-state index in [9.17, 15) is 4.39 Å². The standard InChI is InChI=1S/C19H27FN4S/c1-19(2,14-6-8-15(20)9-7-14)13-22-18-23-17(24-25-18)11-10-16-5-3-4-12-21-16/h6-9,16,21H,3-5,10-13H2,1-2H3,(H,22,23,24). The van der Waals surface area contributed by atoms with Gasteiger partial charge in [-0.15, -0.1) is 0 Å². The highest BCUT2D eigenvalue weighted by atomic mass is 32.1. The average Bonchev–Trinajstić information content (AvgIpc) is 3.08. The molecule has 1 saturated heterocycles. The van der Waals surface area contributed by atoms with Crippen molar-refractivity contribution in [2.45, 2.75) is 57.4 Å². The molecule has 0 saturated carbocycles. The summed E-state index contributed by atoms with van der Waals surface area (Å²) in [4.78, 5) is 4.61. The lowest BCUT2D eigenvalue weighted by atomic mass is 9.85. The van der Waals surface area contributed by atoms with Crippen LogP contribution in [-0.2, 0) is 11.8 Å². The van der Waals surface area contributed by atoms with E-state index in [4.69, 9.17) is 0 Å². The average molecular weight is 363 g/mol. The molecule has 1 aliphatic rings. The van der Waals surface area contributed by atoms with Crippen molar-refractivity contribution in [3.8, 4) is 0 Å². The fourth-order valence-corrected chi connectivity index (χ4v) is 3.81. The molecule has 0 bridgehead atoms. The number of anilines is 1. The van der Waals surface area contributed by atoms with Gasteiger partial charge in [-0.2, -0.15) is 4.37 Å². The number of aromatic nitrogens is 2. The van der Waals surface area contributed by atoms with E-state index in [-0.39, 0.29) is 11.2 Å². The van der Waals surface area contributed by atoms with Crippen molar-refractivity contribution >= 4 is 16.7 Å². The van der Waals surface area contributed by atoms with E-state index in [1.54, 1.807) is 0 Å². The molecule has 1 atom stereocenters. The molecule has 1 aliphatic heterocycles. The van der Waals surface area contributed by atoms with Gasteiger partial charge in [0, 0.05) is 36.0 Å². The fourth-order valence-electron chi connectivity index (χ4n) is 3.20. The summed E-state index contributed by atoms with van der Waals surface area (Å²) >= 11 is 1.42. The number of rotatable bonds is 7. The van der Waals surface area contributed by atoms with Crippen molar-refractivity contribution in [2.24, 2.45) is 0 Å². The minimum absolute atomic E-state index is 0.106. The number of nitrogens with one attached hydrogen (secondary N) is 2. The summed E-state index contributed by atoms with van der Waals surface area (Å²) in [5.41, 5.74) is 1.00. The second-order valence-corrected chi connectivity index (χ2v) is 8.20. The van der Waals surface area contributed by atoms with Gasteiger partial charge >= 0.3 is 0 Å². The molecule has 1 aromatic carbocycles. The lowest BCUT2D eigenvalue weighted by molar-refractivity contribution is 0.381. The molecule has 6 heteroatoms. The van der Waals surface area contributed by atoms with Gasteiger partial charge in [-0.3, -0.25) is 0 Å². The van der Waals surface area contributed by atoms with Crippen LogP contribution in [0.5, 0.6) is 0 Å². The van der Waals surface area contributed by atoms with Crippen LogP contribution in [0.4, 0.5) is 9.52 Å². The second-order valence-electron chi connectivity index (χ2n) is 7.45. The summed E-state index contributed by atoms with van der Waals surface area (Å²) in [6.07, 6.45) is 5.92. The largest absolute Gasteiger partial charge is 0.359 e. The highest BCUT2D eigenvalue weighted by molar-refractivity contribution is 7.09. The monoisotopic (exact) mass is 362 g/mol. The summed E-state index contributed by atoms with van der Waals surface area (Å²) in [6, 6.07) is 7.34. The number of hydrogen-bond acceptors (Lipinski definition) is 5. The molecule has 3 rings (SSSR count). The van der Waals surface area contributed by atoms with Gasteiger partial charge in [0.05, 0.1) is 0 Å². The molecule has 0 aliphatic carbocycles. The second kappa shape index (κ2) is 8.23. The van der Waals surface area contributed by atoms with Gasteiger partial charge in [0.25, 0.3) is 0 Å². The summed E-state index contributed by atoms with van der Waals surface area (Å²) in [7, 11) is 0. The molecule has 2 aromatic rings. The Kier molecular flexibility index (Phi) is 6.02. The number of nitrogens with zero attached hydrogens (tertiary/aromatic N) is 2. The van der Waals surface area contributed by atoms with Gasteiger partial charge in [-0.05, 0) is 43.5 Å². The van der Waals surface area contributed by atoms with Crippen molar-refractivity contribution in [1.29, 1.82) is 0 Å². The van der Waals surface area contributed by atoms with Crippen LogP contribution in [0.2, 0.25) is 0 Å². The van der Waals surface area contributed by atoms with Crippen molar-refractivity contribution in [3.63, 3.8) is 0 Å². The topological polar surface area (TPSA) is 49.8 Å². The number of aryl methyl sites for hydroxylation is 1. The van der Waals surface area contributed by atoms with E-state index in [0.29, 0.717) is 6.04 Å². The lowest BCUT2D eigenvalue weighted by Crippen LogP contribution is -2.34. The quantitative estimate of drug-likeness (QED) is 0.777. The Balaban J connectivity index is 1.49. The molecule has 1 fully saturated rings. The number of halogens is 1. The molecule has 0 spiro atoms. The van der Waals surface area contributed by atoms with Gasteiger partial charge in [-0.25, -0.2) is 9.37 Å². The van der Waals surface area contributed by atoms with Crippen LogP contribution < -0.4 is 10.6 Å². The summed E-state index contributed by atoms with van der Waals surface area (Å²) < 4.78 is 17.6. The first-order valence-corrected chi connectivity index (χ1v) is 9.86. The molecular weight excluding hydrogens is 335 g/mol. The molecule has 1 aromatic heterocycles. The van der Waals surface area contributed by atoms with Gasteiger partial charge in [0.15, 0.2) is 0 Å². The molecular formula is C19H27FN4S. The third-order valence-corrected chi connectivity index (χ3v) is 5.61. The number of hydrogen-bond donors (Lipinski definition) is 2. The Morgan fingerprint density at radius 3 is 2.80 bits per heavy atom. The zero-order chi connectivity index (χ0) is 17.7. The summed E-state index contributed by atoms with van der Waals surface area (Å²) in [5, 5.41) is 7.82. The van der Waals surface area contributed by atoms with Gasteiger partial charge < -0.3 is 10.6 Å². The maximum Gasteiger partial charge on any atom is 0.202 e. The maximum absolute atomic E-state index is 13.1. The van der Waals surface area contributed by atoms with Crippen molar-refractivity contribution in [2.75, 3.05) is 18.4 Å². The third kappa shape index (κ3) is 5.22. The molecule has 2 heterocycles. The summed E-state index contributed by atoms with van der Waals surface area (Å²) in [6.45, 7) is 6.16. The smallest absolute Gasteiger partial charge is 0.202 e. The highest BCUT2D eigenvalue weighted by Gasteiger charge is 2.21. The zero-order valence-corrected chi connectivity index (χ0v) is 15.8. The first-order valence-electron chi connectivity index (χ1n) is 9.09. The van der Waals surface area contributed by atoms with Crippen LogP contribution in [-0.4, -0.2) is 28.5 Å². The Morgan fingerprint density at radius 2 is 2.08 bits per heavy atom. The van der Waals surface area contributed by atoms with Crippen LogP contribution in [0.15, 0.2) is 24.3 Å². The minimum atomic E-state index is -0.200. The van der Waals surface area contributed by atoms with Crippen LogP contribution >= 0.6 is 11.5 Å². The molecule has 4 nitrogen and oxygen atoms in total. The SMILES string of the molecule is CC(C)(CNc1nc(CCC2CCCCN2)ns1)c1ccc(F)cc1. The van der Waals surface area contributed by atoms with E-state index >= 15 is 0 Å². The molecule has 136 valence electrons. The van der Waals surface area contributed by atoms with Crippen LogP contribution in [0, 0.1) is 5.82 Å². The Labute approximate surface area is 153 Å². The Bertz CT molecular complexity index is 662. The van der Waals surface area contributed by atoms with E-state index in [1.807, 2.05) is 12.1 Å². The van der Waals surface area contributed by atoms with Crippen molar-refractivity contribution in [1.82, 2.24) is 14.7 Å². The van der Waals surface area contributed by atoms with Crippen molar-refractivity contribution < 1.29 is 4.39 Å². The Morgan fingerprint density at radius 1 is 1.28 bits per heavy atom. The predicted molar refractivity (Wildman–Crippen MR) is 102 cm³/mol.